The number of guanidine groups is 1. The van der Waals surface area contributed by atoms with Gasteiger partial charge in [0, 0.05) is 38.8 Å². The number of hydrogen-bond acceptors (Lipinski definition) is 2. The van der Waals surface area contributed by atoms with Crippen molar-refractivity contribution in [2.45, 2.75) is 33.9 Å². The molecule has 0 bridgehead atoms. The summed E-state index contributed by atoms with van der Waals surface area (Å²) in [6.45, 7) is 8.25. The second-order valence-electron chi connectivity index (χ2n) is 6.54. The smallest absolute Gasteiger partial charge is 0.253 e. The molecule has 0 unspecified atom stereocenters. The van der Waals surface area contributed by atoms with Crippen LogP contribution in [0.3, 0.4) is 0 Å². The molecule has 0 fully saturated rings. The molecule has 2 N–H and O–H groups in total. The summed E-state index contributed by atoms with van der Waals surface area (Å²) < 4.78 is 13.4. The fourth-order valence-corrected chi connectivity index (χ4v) is 2.87. The van der Waals surface area contributed by atoms with Crippen LogP contribution in [0.4, 0.5) is 4.39 Å². The molecule has 0 aromatic heterocycles. The van der Waals surface area contributed by atoms with E-state index < -0.39 is 0 Å². The van der Waals surface area contributed by atoms with E-state index in [1.165, 1.54) is 6.07 Å². The molecule has 0 heterocycles. The van der Waals surface area contributed by atoms with Gasteiger partial charge in [0.05, 0.1) is 0 Å². The molecule has 158 valence electrons. The fraction of sp³-hybridized carbons (Fsp3) is 0.364. The molecule has 0 aliphatic heterocycles. The largest absolute Gasteiger partial charge is 0.352 e. The lowest BCUT2D eigenvalue weighted by atomic mass is 10.1. The Morgan fingerprint density at radius 1 is 1.00 bits per heavy atom. The van der Waals surface area contributed by atoms with Crippen LogP contribution in [0.5, 0.6) is 0 Å². The van der Waals surface area contributed by atoms with Gasteiger partial charge in [0.15, 0.2) is 5.96 Å². The second-order valence-corrected chi connectivity index (χ2v) is 6.54. The van der Waals surface area contributed by atoms with E-state index in [4.69, 9.17) is 0 Å². The maximum Gasteiger partial charge on any atom is 0.253 e. The molecule has 0 saturated heterocycles. The van der Waals surface area contributed by atoms with Crippen LogP contribution in [0, 0.1) is 12.7 Å². The minimum absolute atomic E-state index is 0. The minimum atomic E-state index is -0.200. The fourth-order valence-electron chi connectivity index (χ4n) is 2.87. The van der Waals surface area contributed by atoms with Gasteiger partial charge in [0.1, 0.15) is 5.82 Å². The van der Waals surface area contributed by atoms with Crippen LogP contribution in [-0.4, -0.2) is 36.9 Å². The molecular formula is C22H30FIN4O. The molecule has 0 aliphatic rings. The lowest BCUT2D eigenvalue weighted by Crippen LogP contribution is -2.36. The Morgan fingerprint density at radius 3 is 2.07 bits per heavy atom. The normalized spacial score (nSPS) is 10.9. The highest BCUT2D eigenvalue weighted by Crippen LogP contribution is 2.09. The Kier molecular flexibility index (Phi) is 10.6. The number of nitrogens with one attached hydrogen (secondary N) is 2. The summed E-state index contributed by atoms with van der Waals surface area (Å²) in [4.78, 5) is 18.4. The third-order valence-electron chi connectivity index (χ3n) is 4.62. The molecular weight excluding hydrogens is 482 g/mol. The number of aryl methyl sites for hydroxylation is 1. The Bertz CT molecular complexity index is 820. The van der Waals surface area contributed by atoms with Crippen LogP contribution in [-0.2, 0) is 13.1 Å². The van der Waals surface area contributed by atoms with Crippen LogP contribution >= 0.6 is 24.0 Å². The van der Waals surface area contributed by atoms with Gasteiger partial charge in [-0.2, -0.15) is 0 Å². The van der Waals surface area contributed by atoms with Crippen molar-refractivity contribution in [1.82, 2.24) is 15.5 Å². The van der Waals surface area contributed by atoms with Crippen LogP contribution < -0.4 is 10.6 Å². The number of rotatable bonds is 7. The highest BCUT2D eigenvalue weighted by Gasteiger charge is 2.11. The van der Waals surface area contributed by atoms with Crippen LogP contribution in [0.25, 0.3) is 0 Å². The van der Waals surface area contributed by atoms with Crippen molar-refractivity contribution in [3.8, 4) is 0 Å². The molecule has 29 heavy (non-hydrogen) atoms. The van der Waals surface area contributed by atoms with Gasteiger partial charge in [-0.3, -0.25) is 9.79 Å². The van der Waals surface area contributed by atoms with Crippen molar-refractivity contribution >= 4 is 35.8 Å². The number of carbonyl (C=O) groups excluding carboxylic acids is 1. The van der Waals surface area contributed by atoms with E-state index in [9.17, 15) is 9.18 Å². The Labute approximate surface area is 189 Å². The highest BCUT2D eigenvalue weighted by atomic mass is 127. The maximum atomic E-state index is 13.4. The summed E-state index contributed by atoms with van der Waals surface area (Å²) in [6, 6.07) is 12.7. The van der Waals surface area contributed by atoms with Crippen molar-refractivity contribution in [1.29, 1.82) is 0 Å². The van der Waals surface area contributed by atoms with E-state index in [1.807, 2.05) is 44.2 Å². The lowest BCUT2D eigenvalue weighted by Gasteiger charge is -2.18. The highest BCUT2D eigenvalue weighted by molar-refractivity contribution is 14.0. The lowest BCUT2D eigenvalue weighted by molar-refractivity contribution is 0.0773. The number of carbonyl (C=O) groups is 1. The molecule has 5 nitrogen and oxygen atoms in total. The van der Waals surface area contributed by atoms with Crippen LogP contribution in [0.2, 0.25) is 0 Å². The first-order valence-corrected chi connectivity index (χ1v) is 9.56. The van der Waals surface area contributed by atoms with E-state index in [2.05, 4.69) is 15.6 Å². The molecule has 7 heteroatoms. The van der Waals surface area contributed by atoms with Crippen LogP contribution in [0.15, 0.2) is 47.5 Å². The van der Waals surface area contributed by atoms with Gasteiger partial charge in [-0.15, -0.1) is 24.0 Å². The third kappa shape index (κ3) is 7.30. The monoisotopic (exact) mass is 512 g/mol. The van der Waals surface area contributed by atoms with Crippen molar-refractivity contribution in [2.24, 2.45) is 4.99 Å². The number of halogens is 2. The van der Waals surface area contributed by atoms with Gasteiger partial charge in [0.2, 0.25) is 0 Å². The van der Waals surface area contributed by atoms with E-state index in [-0.39, 0.29) is 35.7 Å². The Hall–Kier alpha value is -2.16. The van der Waals surface area contributed by atoms with Crippen molar-refractivity contribution in [2.75, 3.05) is 20.1 Å². The van der Waals surface area contributed by atoms with Gasteiger partial charge < -0.3 is 15.5 Å². The first kappa shape index (κ1) is 24.9. The number of nitrogens with zero attached hydrogens (tertiary/aromatic N) is 2. The molecule has 0 saturated carbocycles. The molecule has 2 aromatic carbocycles. The van der Waals surface area contributed by atoms with Gasteiger partial charge in [-0.25, -0.2) is 4.39 Å². The minimum Gasteiger partial charge on any atom is -0.352 e. The first-order valence-electron chi connectivity index (χ1n) is 9.56. The molecule has 0 spiro atoms. The second kappa shape index (κ2) is 12.4. The zero-order valence-corrected chi connectivity index (χ0v) is 19.8. The van der Waals surface area contributed by atoms with Gasteiger partial charge in [0.25, 0.3) is 5.91 Å². The summed E-state index contributed by atoms with van der Waals surface area (Å²) in [7, 11) is 1.71. The number of amides is 1. The predicted molar refractivity (Wildman–Crippen MR) is 127 cm³/mol. The van der Waals surface area contributed by atoms with E-state index in [1.54, 1.807) is 24.9 Å². The number of aliphatic imine (C=N–C) groups is 1. The Morgan fingerprint density at radius 2 is 1.55 bits per heavy atom. The van der Waals surface area contributed by atoms with Gasteiger partial charge in [-0.05, 0) is 55.7 Å². The molecule has 0 aliphatic carbocycles. The van der Waals surface area contributed by atoms with Gasteiger partial charge in [-0.1, -0.05) is 24.3 Å². The van der Waals surface area contributed by atoms with E-state index >= 15 is 0 Å². The summed E-state index contributed by atoms with van der Waals surface area (Å²) >= 11 is 0. The summed E-state index contributed by atoms with van der Waals surface area (Å²) in [6.07, 6.45) is 0. The predicted octanol–water partition coefficient (Wildman–Crippen LogP) is 4.10. The van der Waals surface area contributed by atoms with Crippen molar-refractivity contribution in [3.63, 3.8) is 0 Å². The standard InChI is InChI=1S/C22H29FN4O.HI/c1-5-27(6-2)21(28)19-10-7-17(8-11-19)14-25-22(24-4)26-15-18-9-12-20(23)16(3)13-18;/h7-13H,5-6,14-15H2,1-4H3,(H2,24,25,26);1H. The summed E-state index contributed by atoms with van der Waals surface area (Å²) in [5.41, 5.74) is 3.36. The van der Waals surface area contributed by atoms with E-state index in [0.29, 0.717) is 43.3 Å². The maximum absolute atomic E-state index is 13.4. The quantitative estimate of drug-likeness (QED) is 0.334. The summed E-state index contributed by atoms with van der Waals surface area (Å²) in [5.74, 6) is 0.510. The molecule has 2 rings (SSSR count). The zero-order valence-electron chi connectivity index (χ0n) is 17.5. The van der Waals surface area contributed by atoms with Gasteiger partial charge >= 0.3 is 0 Å². The number of benzene rings is 2. The first-order chi connectivity index (χ1) is 13.5. The number of hydrogen-bond donors (Lipinski definition) is 2. The third-order valence-corrected chi connectivity index (χ3v) is 4.62. The van der Waals surface area contributed by atoms with E-state index in [0.717, 1.165) is 11.1 Å². The average molecular weight is 512 g/mol. The molecule has 2 aromatic rings. The molecule has 0 radical (unpaired) electrons. The zero-order chi connectivity index (χ0) is 20.5. The SMILES string of the molecule is CCN(CC)C(=O)c1ccc(CNC(=NC)NCc2ccc(F)c(C)c2)cc1.I. The molecule has 0 atom stereocenters. The Balaban J connectivity index is 0.00000420. The van der Waals surface area contributed by atoms with Crippen molar-refractivity contribution in [3.05, 3.63) is 70.5 Å². The van der Waals surface area contributed by atoms with Crippen LogP contribution in [0.1, 0.15) is 40.9 Å². The summed E-state index contributed by atoms with van der Waals surface area (Å²) in [5, 5.41) is 6.46. The average Bonchev–Trinajstić information content (AvgIpc) is 2.72. The topological polar surface area (TPSA) is 56.7 Å². The van der Waals surface area contributed by atoms with Crippen molar-refractivity contribution < 1.29 is 9.18 Å². The molecule has 1 amide bonds.